The molecular formula is C21H52. The topological polar surface area (TPSA) is 0 Å². The third-order valence-electron chi connectivity index (χ3n) is 0. The minimum absolute atomic E-state index is 0.500. The van der Waals surface area contributed by atoms with Gasteiger partial charge in [0.15, 0.2) is 0 Å². The van der Waals surface area contributed by atoms with E-state index in [1.54, 1.807) is 0 Å². The molecule has 0 nitrogen and oxygen atoms in total. The first-order valence-corrected chi connectivity index (χ1v) is 8.88. The van der Waals surface area contributed by atoms with Crippen LogP contribution in [0.15, 0.2) is 0 Å². The quantitative estimate of drug-likeness (QED) is 0.419. The van der Waals surface area contributed by atoms with Crippen LogP contribution in [0.5, 0.6) is 0 Å². The van der Waals surface area contributed by atoms with Crippen molar-refractivity contribution in [2.45, 2.75) is 117 Å². The standard InChI is InChI=1S/2C5H12.2C4H10.C3H8/c2*1-5(2,3)4;2*1-4(2)3;1-3-2/h2*1-4H3;2*4H,1-3H3;3H2,1-2H3. The van der Waals surface area contributed by atoms with E-state index in [4.69, 9.17) is 0 Å². The highest BCUT2D eigenvalue weighted by Gasteiger charge is 1.96. The van der Waals surface area contributed by atoms with Crippen molar-refractivity contribution in [3.05, 3.63) is 0 Å². The van der Waals surface area contributed by atoms with E-state index in [0.717, 1.165) is 11.8 Å². The molecule has 0 heteroatoms. The summed E-state index contributed by atoms with van der Waals surface area (Å²) in [6, 6.07) is 0. The molecule has 0 unspecified atom stereocenters. The molecule has 0 amide bonds. The molecule has 21 heavy (non-hydrogen) atoms. The summed E-state index contributed by atoms with van der Waals surface area (Å²) in [6.45, 7) is 34.8. The van der Waals surface area contributed by atoms with Crippen LogP contribution >= 0.6 is 0 Å². The van der Waals surface area contributed by atoms with Crippen LogP contribution in [0.2, 0.25) is 0 Å². The molecule has 0 N–H and O–H groups in total. The summed E-state index contributed by atoms with van der Waals surface area (Å²) < 4.78 is 0. The lowest BCUT2D eigenvalue weighted by Crippen LogP contribution is -1.93. The average Bonchev–Trinajstić information content (AvgIpc) is 1.92. The molecule has 0 aliphatic heterocycles. The average molecular weight is 305 g/mol. The van der Waals surface area contributed by atoms with Gasteiger partial charge in [0.1, 0.15) is 0 Å². The van der Waals surface area contributed by atoms with Crippen LogP contribution in [0, 0.1) is 22.7 Å². The molecular weight excluding hydrogens is 252 g/mol. The molecule has 0 rings (SSSR count). The van der Waals surface area contributed by atoms with Crippen LogP contribution < -0.4 is 0 Å². The minimum Gasteiger partial charge on any atom is -0.0656 e. The molecule has 0 heterocycles. The van der Waals surface area contributed by atoms with Gasteiger partial charge in [-0.2, -0.15) is 0 Å². The molecule has 0 saturated carbocycles. The van der Waals surface area contributed by atoms with E-state index in [1.165, 1.54) is 6.42 Å². The van der Waals surface area contributed by atoms with Crippen molar-refractivity contribution >= 4 is 0 Å². The maximum atomic E-state index is 2.19. The minimum atomic E-state index is 0.500. The van der Waals surface area contributed by atoms with Crippen LogP contribution in [0.1, 0.15) is 117 Å². The maximum Gasteiger partial charge on any atom is -0.0411 e. The Morgan fingerprint density at radius 3 is 0.476 bits per heavy atom. The summed E-state index contributed by atoms with van der Waals surface area (Å²) in [6.07, 6.45) is 1.25. The maximum absolute atomic E-state index is 2.19. The van der Waals surface area contributed by atoms with Crippen molar-refractivity contribution in [2.75, 3.05) is 0 Å². The predicted molar refractivity (Wildman–Crippen MR) is 107 cm³/mol. The van der Waals surface area contributed by atoms with Gasteiger partial charge in [0.2, 0.25) is 0 Å². The summed E-state index contributed by atoms with van der Waals surface area (Å²) in [4.78, 5) is 0. The highest BCUT2D eigenvalue weighted by molar-refractivity contribution is 4.47. The summed E-state index contributed by atoms with van der Waals surface area (Å²) in [7, 11) is 0. The van der Waals surface area contributed by atoms with E-state index < -0.39 is 0 Å². The van der Waals surface area contributed by atoms with E-state index in [1.807, 2.05) is 0 Å². The van der Waals surface area contributed by atoms with Gasteiger partial charge in [0, 0.05) is 0 Å². The van der Waals surface area contributed by atoms with Gasteiger partial charge in [0.25, 0.3) is 0 Å². The van der Waals surface area contributed by atoms with Gasteiger partial charge in [-0.15, -0.1) is 0 Å². The van der Waals surface area contributed by atoms with Gasteiger partial charge in [0.05, 0.1) is 0 Å². The van der Waals surface area contributed by atoms with Crippen molar-refractivity contribution in [3.63, 3.8) is 0 Å². The van der Waals surface area contributed by atoms with E-state index >= 15 is 0 Å². The van der Waals surface area contributed by atoms with Crippen molar-refractivity contribution in [2.24, 2.45) is 22.7 Å². The fourth-order valence-electron chi connectivity index (χ4n) is 0. The Balaban J connectivity index is -0.0000000514. The van der Waals surface area contributed by atoms with Crippen molar-refractivity contribution in [1.82, 2.24) is 0 Å². The molecule has 0 aromatic rings. The normalized spacial score (nSPS) is 10.0. The zero-order valence-electron chi connectivity index (χ0n) is 18.9. The number of hydrogen-bond acceptors (Lipinski definition) is 0. The van der Waals surface area contributed by atoms with Crippen LogP contribution in [0.25, 0.3) is 0 Å². The molecule has 0 spiro atoms. The van der Waals surface area contributed by atoms with Crippen molar-refractivity contribution in [1.29, 1.82) is 0 Å². The smallest absolute Gasteiger partial charge is 0.0411 e. The molecule has 0 atom stereocenters. The first-order valence-electron chi connectivity index (χ1n) is 8.88. The summed E-state index contributed by atoms with van der Waals surface area (Å²) >= 11 is 0. The first-order chi connectivity index (χ1) is 8.88. The van der Waals surface area contributed by atoms with Crippen molar-refractivity contribution in [3.8, 4) is 0 Å². The summed E-state index contributed by atoms with van der Waals surface area (Å²) in [5.74, 6) is 1.67. The Kier molecular flexibility index (Phi) is 31.2. The molecule has 0 fully saturated rings. The highest BCUT2D eigenvalue weighted by atomic mass is 14.0. The lowest BCUT2D eigenvalue weighted by molar-refractivity contribution is 0.469. The van der Waals surface area contributed by atoms with Gasteiger partial charge >= 0.3 is 0 Å². The highest BCUT2D eigenvalue weighted by Crippen LogP contribution is 2.08. The second-order valence-corrected chi connectivity index (χ2v) is 10.2. The van der Waals surface area contributed by atoms with E-state index in [2.05, 4.69) is 111 Å². The Labute approximate surface area is 140 Å². The van der Waals surface area contributed by atoms with Gasteiger partial charge in [-0.25, -0.2) is 0 Å². The molecule has 0 aromatic heterocycles. The second kappa shape index (κ2) is 20.0. The van der Waals surface area contributed by atoms with Crippen LogP contribution in [-0.2, 0) is 0 Å². The largest absolute Gasteiger partial charge is 0.0656 e. The molecule has 0 bridgehead atoms. The number of hydrogen-bond donors (Lipinski definition) is 0. The van der Waals surface area contributed by atoms with Crippen LogP contribution in [0.3, 0.4) is 0 Å². The zero-order valence-corrected chi connectivity index (χ0v) is 18.9. The summed E-state index contributed by atoms with van der Waals surface area (Å²) in [5, 5.41) is 0. The zero-order chi connectivity index (χ0) is 18.9. The van der Waals surface area contributed by atoms with Crippen LogP contribution in [0.4, 0.5) is 0 Å². The third kappa shape index (κ3) is 0. The van der Waals surface area contributed by atoms with Gasteiger partial charge in [-0.05, 0) is 22.7 Å². The molecule has 0 aliphatic carbocycles. The van der Waals surface area contributed by atoms with Crippen LogP contribution in [-0.4, -0.2) is 0 Å². The molecule has 136 valence electrons. The monoisotopic (exact) mass is 304 g/mol. The third-order valence-corrected chi connectivity index (χ3v) is 0. The van der Waals surface area contributed by atoms with Gasteiger partial charge < -0.3 is 0 Å². The Morgan fingerprint density at radius 1 is 0.476 bits per heavy atom. The van der Waals surface area contributed by atoms with E-state index in [0.29, 0.717) is 10.8 Å². The molecule has 0 aliphatic rings. The fraction of sp³-hybridized carbons (Fsp3) is 1.00. The van der Waals surface area contributed by atoms with Crippen molar-refractivity contribution < 1.29 is 0 Å². The Bertz CT molecular complexity index is 103. The lowest BCUT2D eigenvalue weighted by atomic mass is 10.0. The Hall–Kier alpha value is 0. The van der Waals surface area contributed by atoms with Gasteiger partial charge in [-0.3, -0.25) is 0 Å². The second-order valence-electron chi connectivity index (χ2n) is 10.2. The first kappa shape index (κ1) is 32.8. The predicted octanol–water partition coefficient (Wildman–Crippen LogP) is 8.85. The fourth-order valence-corrected chi connectivity index (χ4v) is 0. The molecule has 0 saturated heterocycles. The SMILES string of the molecule is CC(C)(C)C.CC(C)(C)C.CC(C)C.CC(C)C.CCC. The van der Waals surface area contributed by atoms with E-state index in [9.17, 15) is 0 Å². The lowest BCUT2D eigenvalue weighted by Gasteiger charge is -2.05. The van der Waals surface area contributed by atoms with Gasteiger partial charge in [-0.1, -0.05) is 117 Å². The van der Waals surface area contributed by atoms with E-state index in [-0.39, 0.29) is 0 Å². The molecule has 0 radical (unpaired) electrons. The molecule has 0 aromatic carbocycles. The number of rotatable bonds is 0. The Morgan fingerprint density at radius 2 is 0.476 bits per heavy atom. The summed E-state index contributed by atoms with van der Waals surface area (Å²) in [5.41, 5.74) is 1.00.